The average Bonchev–Trinajstić information content (AvgIpc) is 1.96. The van der Waals surface area contributed by atoms with Crippen LogP contribution in [0.4, 0.5) is 4.79 Å². The quantitative estimate of drug-likeness (QED) is 0.363. The Hall–Kier alpha value is -0.420. The zero-order chi connectivity index (χ0) is 8.53. The van der Waals surface area contributed by atoms with Crippen molar-refractivity contribution in [2.45, 2.75) is 19.8 Å². The van der Waals surface area contributed by atoms with Gasteiger partial charge in [0.15, 0.2) is 0 Å². The Morgan fingerprint density at radius 3 is 3.00 bits per heavy atom. The number of rotatable bonds is 6. The molecule has 0 spiro atoms. The lowest BCUT2D eigenvalue weighted by molar-refractivity contribution is 0.178. The Morgan fingerprint density at radius 1 is 1.73 bits per heavy atom. The van der Waals surface area contributed by atoms with Crippen LogP contribution in [0.5, 0.6) is 0 Å². The van der Waals surface area contributed by atoms with Crippen LogP contribution in [-0.4, -0.2) is 18.6 Å². The van der Waals surface area contributed by atoms with Crippen molar-refractivity contribution in [2.75, 3.05) is 12.5 Å². The van der Waals surface area contributed by atoms with Crippen molar-refractivity contribution in [3.8, 4) is 0 Å². The molecule has 5 heteroatoms. The van der Waals surface area contributed by atoms with Crippen LogP contribution < -0.4 is 10.5 Å². The Balaban J connectivity index is 2.85. The first-order chi connectivity index (χ1) is 5.27. The number of ether oxygens (including phenoxy) is 1. The molecule has 11 heavy (non-hydrogen) atoms. The SMILES string of the molecule is CCCCOCSNC(N)=O. The molecule has 4 nitrogen and oxygen atoms in total. The van der Waals surface area contributed by atoms with Gasteiger partial charge >= 0.3 is 6.03 Å². The highest BCUT2D eigenvalue weighted by Gasteiger charge is 1.90. The second-order valence-electron chi connectivity index (χ2n) is 1.99. The molecule has 0 rings (SSSR count). The van der Waals surface area contributed by atoms with Crippen molar-refractivity contribution in [3.05, 3.63) is 0 Å². The van der Waals surface area contributed by atoms with Crippen LogP contribution in [0.3, 0.4) is 0 Å². The molecule has 0 aromatic rings. The van der Waals surface area contributed by atoms with Gasteiger partial charge in [-0.15, -0.1) is 0 Å². The first-order valence-corrected chi connectivity index (χ1v) is 4.51. The van der Waals surface area contributed by atoms with Crippen LogP contribution in [-0.2, 0) is 4.74 Å². The summed E-state index contributed by atoms with van der Waals surface area (Å²) < 4.78 is 7.47. The number of unbranched alkanes of at least 4 members (excludes halogenated alkanes) is 1. The monoisotopic (exact) mass is 178 g/mol. The Bertz CT molecular complexity index is 111. The predicted molar refractivity (Wildman–Crippen MR) is 46.0 cm³/mol. The molecule has 0 aliphatic heterocycles. The summed E-state index contributed by atoms with van der Waals surface area (Å²) in [5, 5.41) is 0. The topological polar surface area (TPSA) is 64.3 Å². The molecule has 0 aromatic heterocycles. The van der Waals surface area contributed by atoms with Gasteiger partial charge in [0.05, 0.1) is 0 Å². The van der Waals surface area contributed by atoms with Crippen LogP contribution in [0.1, 0.15) is 19.8 Å². The fourth-order valence-electron chi connectivity index (χ4n) is 0.448. The molecule has 2 amide bonds. The fourth-order valence-corrected chi connectivity index (χ4v) is 0.850. The number of hydrogen-bond acceptors (Lipinski definition) is 3. The summed E-state index contributed by atoms with van der Waals surface area (Å²) in [6.07, 6.45) is 2.17. The average molecular weight is 178 g/mol. The molecule has 0 aliphatic carbocycles. The summed E-state index contributed by atoms with van der Waals surface area (Å²) in [7, 11) is 0. The fraction of sp³-hybridized carbons (Fsp3) is 0.833. The number of nitrogens with one attached hydrogen (secondary N) is 1. The summed E-state index contributed by atoms with van der Waals surface area (Å²) in [6.45, 7) is 2.84. The van der Waals surface area contributed by atoms with Crippen LogP contribution in [0, 0.1) is 0 Å². The van der Waals surface area contributed by atoms with Crippen molar-refractivity contribution >= 4 is 18.0 Å². The van der Waals surface area contributed by atoms with E-state index in [9.17, 15) is 4.79 Å². The van der Waals surface area contributed by atoms with Crippen molar-refractivity contribution < 1.29 is 9.53 Å². The van der Waals surface area contributed by atoms with Crippen LogP contribution in [0.15, 0.2) is 0 Å². The van der Waals surface area contributed by atoms with Gasteiger partial charge in [-0.3, -0.25) is 4.72 Å². The van der Waals surface area contributed by atoms with E-state index in [2.05, 4.69) is 11.6 Å². The lowest BCUT2D eigenvalue weighted by Gasteiger charge is -2.01. The summed E-state index contributed by atoms with van der Waals surface area (Å²) in [5.41, 5.74) is 4.81. The third-order valence-corrected chi connectivity index (χ3v) is 1.59. The zero-order valence-corrected chi connectivity index (χ0v) is 7.45. The summed E-state index contributed by atoms with van der Waals surface area (Å²) in [5.74, 6) is 0.461. The lowest BCUT2D eigenvalue weighted by Crippen LogP contribution is -2.23. The minimum Gasteiger partial charge on any atom is -0.369 e. The van der Waals surface area contributed by atoms with Crippen LogP contribution >= 0.6 is 11.9 Å². The summed E-state index contributed by atoms with van der Waals surface area (Å²) in [6, 6.07) is -0.533. The molecular weight excluding hydrogens is 164 g/mol. The van der Waals surface area contributed by atoms with Gasteiger partial charge < -0.3 is 10.5 Å². The van der Waals surface area contributed by atoms with E-state index < -0.39 is 6.03 Å². The molecule has 0 aromatic carbocycles. The van der Waals surface area contributed by atoms with E-state index in [1.807, 2.05) is 0 Å². The molecule has 0 radical (unpaired) electrons. The maximum atomic E-state index is 10.1. The van der Waals surface area contributed by atoms with Crippen molar-refractivity contribution in [1.29, 1.82) is 0 Å². The predicted octanol–water partition coefficient (Wildman–Crippen LogP) is 1.08. The van der Waals surface area contributed by atoms with E-state index in [1.165, 1.54) is 11.9 Å². The van der Waals surface area contributed by atoms with Crippen LogP contribution in [0.25, 0.3) is 0 Å². The number of urea groups is 1. The Morgan fingerprint density at radius 2 is 2.45 bits per heavy atom. The standard InChI is InChI=1S/C6H14N2O2S/c1-2-3-4-10-5-11-8-6(7)9/h2-5H2,1H3,(H3,7,8,9). The van der Waals surface area contributed by atoms with Gasteiger partial charge in [0, 0.05) is 6.61 Å². The van der Waals surface area contributed by atoms with Crippen LogP contribution in [0.2, 0.25) is 0 Å². The molecule has 0 bridgehead atoms. The molecule has 0 saturated carbocycles. The largest absolute Gasteiger partial charge is 0.369 e. The summed E-state index contributed by atoms with van der Waals surface area (Å²) in [4.78, 5) is 10.1. The third kappa shape index (κ3) is 9.58. The first kappa shape index (κ1) is 10.6. The van der Waals surface area contributed by atoms with Crippen molar-refractivity contribution in [1.82, 2.24) is 4.72 Å². The Kier molecular flexibility index (Phi) is 7.39. The smallest absolute Gasteiger partial charge is 0.322 e. The molecule has 0 unspecified atom stereocenters. The van der Waals surface area contributed by atoms with Gasteiger partial charge in [-0.2, -0.15) is 0 Å². The lowest BCUT2D eigenvalue weighted by atomic mass is 10.4. The number of amides is 2. The maximum absolute atomic E-state index is 10.1. The second-order valence-corrected chi connectivity index (χ2v) is 2.72. The van der Waals surface area contributed by atoms with Gasteiger partial charge in [0.25, 0.3) is 0 Å². The zero-order valence-electron chi connectivity index (χ0n) is 6.63. The normalized spacial score (nSPS) is 9.55. The van der Waals surface area contributed by atoms with Gasteiger partial charge in [0.1, 0.15) is 5.94 Å². The summed E-state index contributed by atoms with van der Waals surface area (Å²) >= 11 is 1.17. The number of hydrogen-bond donors (Lipinski definition) is 2. The highest BCUT2D eigenvalue weighted by molar-refractivity contribution is 7.97. The molecule has 3 N–H and O–H groups in total. The van der Waals surface area contributed by atoms with E-state index in [-0.39, 0.29) is 0 Å². The van der Waals surface area contributed by atoms with Gasteiger partial charge in [-0.25, -0.2) is 4.79 Å². The molecule has 66 valence electrons. The van der Waals surface area contributed by atoms with E-state index in [0.717, 1.165) is 19.4 Å². The molecule has 0 fully saturated rings. The number of primary amides is 1. The second kappa shape index (κ2) is 7.68. The van der Waals surface area contributed by atoms with E-state index in [0.29, 0.717) is 5.94 Å². The first-order valence-electron chi connectivity index (χ1n) is 3.52. The molecule has 0 atom stereocenters. The van der Waals surface area contributed by atoms with E-state index in [4.69, 9.17) is 10.5 Å². The minimum absolute atomic E-state index is 0.461. The number of carbonyl (C=O) groups is 1. The highest BCUT2D eigenvalue weighted by atomic mass is 32.2. The number of nitrogens with two attached hydrogens (primary N) is 1. The molecule has 0 heterocycles. The van der Waals surface area contributed by atoms with E-state index >= 15 is 0 Å². The van der Waals surface area contributed by atoms with Gasteiger partial charge in [0.2, 0.25) is 0 Å². The van der Waals surface area contributed by atoms with Gasteiger partial charge in [-0.1, -0.05) is 13.3 Å². The third-order valence-electron chi connectivity index (χ3n) is 0.957. The minimum atomic E-state index is -0.533. The molecule has 0 saturated heterocycles. The van der Waals surface area contributed by atoms with E-state index in [1.54, 1.807) is 0 Å². The molecule has 0 aliphatic rings. The molecular formula is C6H14N2O2S. The van der Waals surface area contributed by atoms with Gasteiger partial charge in [-0.05, 0) is 18.4 Å². The number of carbonyl (C=O) groups excluding carboxylic acids is 1. The highest BCUT2D eigenvalue weighted by Crippen LogP contribution is 1.95. The maximum Gasteiger partial charge on any atom is 0.322 e. The Labute approximate surface area is 71.0 Å². The van der Waals surface area contributed by atoms with Crippen molar-refractivity contribution in [2.24, 2.45) is 5.73 Å². The van der Waals surface area contributed by atoms with Crippen molar-refractivity contribution in [3.63, 3.8) is 0 Å².